The molecule has 1 saturated heterocycles. The second-order valence-electron chi connectivity index (χ2n) is 8.79. The number of aromatic nitrogens is 5. The van der Waals surface area contributed by atoms with E-state index in [1.54, 1.807) is 0 Å². The first-order valence-electron chi connectivity index (χ1n) is 11.0. The van der Waals surface area contributed by atoms with Crippen LogP contribution in [0.2, 0.25) is 0 Å². The molecule has 38 heavy (non-hydrogen) atoms. The summed E-state index contributed by atoms with van der Waals surface area (Å²) in [6.07, 6.45) is -13.7. The maximum absolute atomic E-state index is 13.4. The van der Waals surface area contributed by atoms with Crippen molar-refractivity contribution >= 4 is 17.6 Å². The molecule has 0 radical (unpaired) electrons. The SMILES string of the molecule is CC1(C(F)(F)F)CCN(c2nc(Nc3ccnc(C(F)(F)F)c3)nc(-c3cccc(C(F)(F)F)n3)n2)CC1. The highest BCUT2D eigenvalue weighted by Crippen LogP contribution is 2.46. The van der Waals surface area contributed by atoms with E-state index in [2.05, 4.69) is 30.2 Å². The van der Waals surface area contributed by atoms with Gasteiger partial charge in [-0.3, -0.25) is 4.98 Å². The Labute approximate surface area is 209 Å². The summed E-state index contributed by atoms with van der Waals surface area (Å²) in [6.45, 7) is 0.815. The van der Waals surface area contributed by atoms with Gasteiger partial charge in [-0.15, -0.1) is 0 Å². The number of anilines is 3. The highest BCUT2D eigenvalue weighted by atomic mass is 19.4. The summed E-state index contributed by atoms with van der Waals surface area (Å²) in [7, 11) is 0. The first-order chi connectivity index (χ1) is 17.5. The predicted molar refractivity (Wildman–Crippen MR) is 116 cm³/mol. The fourth-order valence-corrected chi connectivity index (χ4v) is 3.67. The highest BCUT2D eigenvalue weighted by molar-refractivity contribution is 5.59. The molecule has 0 bridgehead atoms. The Kier molecular flexibility index (Phi) is 6.86. The summed E-state index contributed by atoms with van der Waals surface area (Å²) >= 11 is 0. The van der Waals surface area contributed by atoms with Crippen molar-refractivity contribution in [3.8, 4) is 11.5 Å². The average molecular weight is 551 g/mol. The van der Waals surface area contributed by atoms with E-state index in [9.17, 15) is 39.5 Å². The van der Waals surface area contributed by atoms with Gasteiger partial charge in [-0.05, 0) is 37.1 Å². The summed E-state index contributed by atoms with van der Waals surface area (Å²) < 4.78 is 119. The third-order valence-electron chi connectivity index (χ3n) is 6.03. The van der Waals surface area contributed by atoms with Gasteiger partial charge in [-0.2, -0.15) is 54.5 Å². The molecule has 0 saturated carbocycles. The standard InChI is InChI=1S/C22H18F9N7/c1-19(22(29,30)31)6-9-38(10-7-19)18-36-16(13-3-2-4-14(34-13)20(23,24)25)35-17(37-18)33-12-5-8-32-15(11-12)21(26,27)28/h2-5,8,11H,6-7,9-10H2,1H3,(H,32,33,35,36,37). The van der Waals surface area contributed by atoms with Gasteiger partial charge in [0.2, 0.25) is 11.9 Å². The van der Waals surface area contributed by atoms with E-state index in [4.69, 9.17) is 0 Å². The quantitative estimate of drug-likeness (QED) is 0.383. The van der Waals surface area contributed by atoms with Gasteiger partial charge < -0.3 is 10.2 Å². The molecule has 0 amide bonds. The molecule has 204 valence electrons. The molecule has 4 heterocycles. The van der Waals surface area contributed by atoms with E-state index in [-0.39, 0.29) is 55.0 Å². The van der Waals surface area contributed by atoms with Gasteiger partial charge in [-0.1, -0.05) is 13.0 Å². The number of hydrogen-bond acceptors (Lipinski definition) is 7. The summed E-state index contributed by atoms with van der Waals surface area (Å²) in [5.74, 6) is -0.892. The second-order valence-corrected chi connectivity index (χ2v) is 8.79. The van der Waals surface area contributed by atoms with Crippen molar-refractivity contribution in [2.45, 2.75) is 38.3 Å². The van der Waals surface area contributed by atoms with Crippen molar-refractivity contribution in [2.24, 2.45) is 5.41 Å². The van der Waals surface area contributed by atoms with Crippen LogP contribution in [0.25, 0.3) is 11.5 Å². The van der Waals surface area contributed by atoms with Crippen LogP contribution in [-0.4, -0.2) is 44.2 Å². The molecule has 1 aliphatic rings. The molecule has 4 rings (SSSR count). The van der Waals surface area contributed by atoms with Gasteiger partial charge in [0.05, 0.1) is 5.41 Å². The fraction of sp³-hybridized carbons (Fsp3) is 0.409. The molecule has 0 spiro atoms. The van der Waals surface area contributed by atoms with Crippen molar-refractivity contribution in [2.75, 3.05) is 23.3 Å². The molecule has 1 N–H and O–H groups in total. The largest absolute Gasteiger partial charge is 0.433 e. The summed E-state index contributed by atoms with van der Waals surface area (Å²) in [5.41, 5.74) is -4.88. The third kappa shape index (κ3) is 5.88. The Hall–Kier alpha value is -3.72. The van der Waals surface area contributed by atoms with Crippen LogP contribution in [0.1, 0.15) is 31.2 Å². The molecule has 1 fully saturated rings. The Morgan fingerprint density at radius 2 is 1.47 bits per heavy atom. The Morgan fingerprint density at radius 1 is 0.816 bits per heavy atom. The zero-order chi connectivity index (χ0) is 27.9. The van der Waals surface area contributed by atoms with E-state index >= 15 is 0 Å². The number of nitrogens with one attached hydrogen (secondary N) is 1. The minimum atomic E-state index is -4.78. The normalized spacial score (nSPS) is 16.4. The number of nitrogens with zero attached hydrogens (tertiary/aromatic N) is 6. The molecular weight excluding hydrogens is 533 g/mol. The Balaban J connectivity index is 1.73. The van der Waals surface area contributed by atoms with Gasteiger partial charge >= 0.3 is 18.5 Å². The number of hydrogen-bond donors (Lipinski definition) is 1. The Bertz CT molecular complexity index is 1300. The zero-order valence-electron chi connectivity index (χ0n) is 19.4. The zero-order valence-corrected chi connectivity index (χ0v) is 19.4. The van der Waals surface area contributed by atoms with Gasteiger partial charge in [0.15, 0.2) is 5.82 Å². The molecule has 7 nitrogen and oxygen atoms in total. The molecule has 3 aromatic rings. The number of alkyl halides is 9. The van der Waals surface area contributed by atoms with Gasteiger partial charge in [0, 0.05) is 25.0 Å². The maximum Gasteiger partial charge on any atom is 0.433 e. The number of pyridine rings is 2. The first kappa shape index (κ1) is 27.3. The Morgan fingerprint density at radius 3 is 2.08 bits per heavy atom. The van der Waals surface area contributed by atoms with Crippen molar-refractivity contribution in [3.05, 3.63) is 47.9 Å². The molecule has 0 atom stereocenters. The number of halogens is 9. The van der Waals surface area contributed by atoms with Crippen molar-refractivity contribution in [1.29, 1.82) is 0 Å². The minimum absolute atomic E-state index is 0.137. The third-order valence-corrected chi connectivity index (χ3v) is 6.03. The van der Waals surface area contributed by atoms with Crippen LogP contribution in [0.4, 0.5) is 57.1 Å². The molecule has 1 aliphatic heterocycles. The molecular formula is C22H18F9N7. The lowest BCUT2D eigenvalue weighted by molar-refractivity contribution is -0.224. The molecule has 0 aromatic carbocycles. The topological polar surface area (TPSA) is 79.7 Å². The maximum atomic E-state index is 13.4. The summed E-state index contributed by atoms with van der Waals surface area (Å²) in [6, 6.07) is 4.82. The predicted octanol–water partition coefficient (Wildman–Crippen LogP) is 6.28. The van der Waals surface area contributed by atoms with Crippen LogP contribution in [0.3, 0.4) is 0 Å². The highest BCUT2D eigenvalue weighted by Gasteiger charge is 2.52. The van der Waals surface area contributed by atoms with Gasteiger partial charge in [-0.25, -0.2) is 4.98 Å². The molecule has 16 heteroatoms. The van der Waals surface area contributed by atoms with E-state index in [1.165, 1.54) is 17.0 Å². The van der Waals surface area contributed by atoms with Crippen molar-refractivity contribution in [3.63, 3.8) is 0 Å². The monoisotopic (exact) mass is 551 g/mol. The minimum Gasteiger partial charge on any atom is -0.341 e. The fourth-order valence-electron chi connectivity index (χ4n) is 3.67. The van der Waals surface area contributed by atoms with Crippen molar-refractivity contribution in [1.82, 2.24) is 24.9 Å². The lowest BCUT2D eigenvalue weighted by Gasteiger charge is -2.40. The molecule has 0 aliphatic carbocycles. The summed E-state index contributed by atoms with van der Waals surface area (Å²) in [5, 5.41) is 2.53. The molecule has 0 unspecified atom stereocenters. The van der Waals surface area contributed by atoms with Crippen LogP contribution in [0.5, 0.6) is 0 Å². The lowest BCUT2D eigenvalue weighted by Crippen LogP contribution is -2.46. The van der Waals surface area contributed by atoms with Gasteiger partial charge in [0.25, 0.3) is 0 Å². The van der Waals surface area contributed by atoms with E-state index in [1.807, 2.05) is 0 Å². The van der Waals surface area contributed by atoms with E-state index in [0.29, 0.717) is 6.07 Å². The van der Waals surface area contributed by atoms with Gasteiger partial charge in [0.1, 0.15) is 17.1 Å². The van der Waals surface area contributed by atoms with E-state index in [0.717, 1.165) is 25.3 Å². The smallest absolute Gasteiger partial charge is 0.341 e. The lowest BCUT2D eigenvalue weighted by atomic mass is 9.80. The second kappa shape index (κ2) is 9.54. The van der Waals surface area contributed by atoms with Crippen LogP contribution >= 0.6 is 0 Å². The first-order valence-corrected chi connectivity index (χ1v) is 11.0. The average Bonchev–Trinajstić information content (AvgIpc) is 2.83. The van der Waals surface area contributed by atoms with E-state index < -0.39 is 35.3 Å². The number of piperidine rings is 1. The van der Waals surface area contributed by atoms with Crippen LogP contribution < -0.4 is 10.2 Å². The van der Waals surface area contributed by atoms with Crippen LogP contribution in [-0.2, 0) is 12.4 Å². The molecule has 3 aromatic heterocycles. The van der Waals surface area contributed by atoms with Crippen LogP contribution in [0, 0.1) is 5.41 Å². The summed E-state index contributed by atoms with van der Waals surface area (Å²) in [4.78, 5) is 20.4. The van der Waals surface area contributed by atoms with Crippen molar-refractivity contribution < 1.29 is 39.5 Å². The number of rotatable bonds is 4. The van der Waals surface area contributed by atoms with Crippen LogP contribution in [0.15, 0.2) is 36.5 Å².